The Balaban J connectivity index is 2.12. The smallest absolute Gasteiger partial charge is 0.420 e. The van der Waals surface area contributed by atoms with Gasteiger partial charge in [0.2, 0.25) is 9.70 Å². The number of carbonyl (C=O) groups is 2. The van der Waals surface area contributed by atoms with Crippen molar-refractivity contribution in [3.05, 3.63) is 34.8 Å². The second-order valence-corrected chi connectivity index (χ2v) is 8.48. The maximum Gasteiger partial charge on any atom is 0.420 e. The summed E-state index contributed by atoms with van der Waals surface area (Å²) in [6.07, 6.45) is 4.35. The van der Waals surface area contributed by atoms with Crippen molar-refractivity contribution in [1.82, 2.24) is 10.2 Å². The number of thioether (sulfide) groups is 1. The SMILES string of the molecule is COC1=CC(C2=C(C)NC(=O)CS2)C=CN1C(=O)OCC(Cl)(Cl)Cl. The number of amides is 2. The molecule has 0 aromatic heterocycles. The summed E-state index contributed by atoms with van der Waals surface area (Å²) in [6, 6.07) is 0. The van der Waals surface area contributed by atoms with Crippen molar-refractivity contribution in [2.75, 3.05) is 19.5 Å². The van der Waals surface area contributed by atoms with Crippen molar-refractivity contribution in [1.29, 1.82) is 0 Å². The fourth-order valence-electron chi connectivity index (χ4n) is 2.14. The van der Waals surface area contributed by atoms with Gasteiger partial charge in [-0.15, -0.1) is 11.8 Å². The first kappa shape index (κ1) is 19.3. The van der Waals surface area contributed by atoms with Crippen LogP contribution in [0.1, 0.15) is 6.92 Å². The molecule has 2 amide bonds. The molecule has 2 heterocycles. The number of nitrogens with one attached hydrogen (secondary N) is 1. The van der Waals surface area contributed by atoms with Crippen molar-refractivity contribution in [2.45, 2.75) is 10.7 Å². The number of carbonyl (C=O) groups excluding carboxylic acids is 2. The number of allylic oxidation sites excluding steroid dienone is 4. The van der Waals surface area contributed by atoms with E-state index in [1.54, 1.807) is 12.2 Å². The van der Waals surface area contributed by atoms with Crippen LogP contribution in [-0.2, 0) is 14.3 Å². The first-order chi connectivity index (χ1) is 11.2. The molecular formula is C14H15Cl3N2O4S. The molecule has 0 aromatic carbocycles. The first-order valence-electron chi connectivity index (χ1n) is 6.81. The van der Waals surface area contributed by atoms with Crippen LogP contribution in [0.3, 0.4) is 0 Å². The van der Waals surface area contributed by atoms with E-state index in [1.165, 1.54) is 30.0 Å². The summed E-state index contributed by atoms with van der Waals surface area (Å²) in [5, 5.41) is 2.80. The minimum absolute atomic E-state index is 0.0334. The Morgan fingerprint density at radius 2 is 2.21 bits per heavy atom. The standard InChI is InChI=1S/C14H15Cl3N2O4S/c1-8-12(24-6-10(20)18-8)9-3-4-19(11(5-9)22-2)13(21)23-7-14(15,16)17/h3-5,9H,6-7H2,1-2H3,(H,18,20). The van der Waals surface area contributed by atoms with Gasteiger partial charge in [-0.05, 0) is 13.0 Å². The van der Waals surface area contributed by atoms with Gasteiger partial charge in [-0.3, -0.25) is 4.79 Å². The van der Waals surface area contributed by atoms with E-state index in [1.807, 2.05) is 6.92 Å². The first-order valence-corrected chi connectivity index (χ1v) is 8.93. The lowest BCUT2D eigenvalue weighted by Gasteiger charge is -2.28. The Morgan fingerprint density at radius 3 is 2.79 bits per heavy atom. The molecule has 2 aliphatic heterocycles. The Bertz CT molecular complexity index is 628. The molecule has 2 aliphatic rings. The highest BCUT2D eigenvalue weighted by Crippen LogP contribution is 2.35. The predicted molar refractivity (Wildman–Crippen MR) is 94.5 cm³/mol. The minimum atomic E-state index is -1.69. The maximum absolute atomic E-state index is 12.1. The maximum atomic E-state index is 12.1. The summed E-state index contributed by atoms with van der Waals surface area (Å²) in [5.74, 6) is 0.480. The van der Waals surface area contributed by atoms with Crippen LogP contribution < -0.4 is 5.32 Å². The van der Waals surface area contributed by atoms with Crippen LogP contribution in [-0.4, -0.2) is 40.2 Å². The van der Waals surface area contributed by atoms with Crippen molar-refractivity contribution in [2.24, 2.45) is 5.92 Å². The second-order valence-electron chi connectivity index (χ2n) is 4.94. The molecule has 0 bridgehead atoms. The van der Waals surface area contributed by atoms with E-state index in [2.05, 4.69) is 5.32 Å². The van der Waals surface area contributed by atoms with Crippen LogP contribution in [0.5, 0.6) is 0 Å². The van der Waals surface area contributed by atoms with Gasteiger partial charge in [0.05, 0.1) is 12.9 Å². The fourth-order valence-corrected chi connectivity index (χ4v) is 3.27. The van der Waals surface area contributed by atoms with Gasteiger partial charge in [-0.1, -0.05) is 40.9 Å². The lowest BCUT2D eigenvalue weighted by molar-refractivity contribution is -0.117. The second kappa shape index (κ2) is 7.91. The zero-order valence-electron chi connectivity index (χ0n) is 12.8. The van der Waals surface area contributed by atoms with Crippen molar-refractivity contribution in [3.63, 3.8) is 0 Å². The lowest BCUT2D eigenvalue weighted by atomic mass is 10.1. The molecule has 0 aliphatic carbocycles. The zero-order valence-corrected chi connectivity index (χ0v) is 15.9. The lowest BCUT2D eigenvalue weighted by Crippen LogP contribution is -2.33. The summed E-state index contributed by atoms with van der Waals surface area (Å²) in [6.45, 7) is 1.45. The molecule has 1 atom stereocenters. The van der Waals surface area contributed by atoms with Gasteiger partial charge in [0.15, 0.2) is 5.88 Å². The number of alkyl halides is 3. The molecule has 1 unspecified atom stereocenters. The van der Waals surface area contributed by atoms with Gasteiger partial charge in [0.25, 0.3) is 0 Å². The Morgan fingerprint density at radius 1 is 1.50 bits per heavy atom. The number of hydrogen-bond acceptors (Lipinski definition) is 5. The van der Waals surface area contributed by atoms with Gasteiger partial charge in [-0.25, -0.2) is 9.69 Å². The molecule has 0 radical (unpaired) electrons. The summed E-state index contributed by atoms with van der Waals surface area (Å²) in [7, 11) is 1.44. The highest BCUT2D eigenvalue weighted by atomic mass is 35.6. The Hall–Kier alpha value is -1.02. The van der Waals surface area contributed by atoms with Gasteiger partial charge >= 0.3 is 6.09 Å². The van der Waals surface area contributed by atoms with Gasteiger partial charge in [-0.2, -0.15) is 0 Å². The van der Waals surface area contributed by atoms with Crippen LogP contribution in [0.4, 0.5) is 4.79 Å². The molecular weight excluding hydrogens is 399 g/mol. The van der Waals surface area contributed by atoms with Crippen molar-refractivity contribution in [3.8, 4) is 0 Å². The molecule has 0 aromatic rings. The van der Waals surface area contributed by atoms with Gasteiger partial charge in [0.1, 0.15) is 6.61 Å². The minimum Gasteiger partial charge on any atom is -0.482 e. The van der Waals surface area contributed by atoms with E-state index in [0.717, 1.165) is 10.6 Å². The molecule has 0 saturated carbocycles. The largest absolute Gasteiger partial charge is 0.482 e. The number of hydrogen-bond donors (Lipinski definition) is 1. The predicted octanol–water partition coefficient (Wildman–Crippen LogP) is 3.52. The third-order valence-corrected chi connectivity index (χ3v) is 4.75. The number of ether oxygens (including phenoxy) is 2. The van der Waals surface area contributed by atoms with Crippen LogP contribution in [0.2, 0.25) is 0 Å². The molecule has 24 heavy (non-hydrogen) atoms. The van der Waals surface area contributed by atoms with Crippen molar-refractivity contribution >= 4 is 58.6 Å². The van der Waals surface area contributed by atoms with Crippen LogP contribution in [0.25, 0.3) is 0 Å². The number of halogens is 3. The van der Waals surface area contributed by atoms with Crippen LogP contribution >= 0.6 is 46.6 Å². The normalized spacial score (nSPS) is 21.4. The van der Waals surface area contributed by atoms with E-state index in [9.17, 15) is 9.59 Å². The molecule has 0 fully saturated rings. The fraction of sp³-hybridized carbons (Fsp3) is 0.429. The topological polar surface area (TPSA) is 67.9 Å². The molecule has 132 valence electrons. The third kappa shape index (κ3) is 4.99. The van der Waals surface area contributed by atoms with E-state index in [4.69, 9.17) is 44.3 Å². The van der Waals surface area contributed by atoms with Crippen molar-refractivity contribution < 1.29 is 19.1 Å². The van der Waals surface area contributed by atoms with Gasteiger partial charge in [0, 0.05) is 22.7 Å². The monoisotopic (exact) mass is 412 g/mol. The van der Waals surface area contributed by atoms with Crippen LogP contribution in [0.15, 0.2) is 34.8 Å². The zero-order chi connectivity index (χ0) is 17.9. The van der Waals surface area contributed by atoms with E-state index < -0.39 is 9.89 Å². The molecule has 1 N–H and O–H groups in total. The quantitative estimate of drug-likeness (QED) is 0.717. The van der Waals surface area contributed by atoms with Gasteiger partial charge < -0.3 is 14.8 Å². The molecule has 0 saturated heterocycles. The van der Waals surface area contributed by atoms with E-state index >= 15 is 0 Å². The Kier molecular flexibility index (Phi) is 6.36. The molecule has 2 rings (SSSR count). The summed E-state index contributed by atoms with van der Waals surface area (Å²) in [5.41, 5.74) is 0.782. The molecule has 6 nitrogen and oxygen atoms in total. The third-order valence-electron chi connectivity index (χ3n) is 3.13. The average Bonchev–Trinajstić information content (AvgIpc) is 2.51. The average molecular weight is 414 g/mol. The van der Waals surface area contributed by atoms with Crippen LogP contribution in [0, 0.1) is 5.92 Å². The van der Waals surface area contributed by atoms with E-state index in [-0.39, 0.29) is 24.3 Å². The Labute approximate surface area is 158 Å². The highest BCUT2D eigenvalue weighted by Gasteiger charge is 2.29. The highest BCUT2D eigenvalue weighted by molar-refractivity contribution is 8.03. The number of rotatable bonds is 3. The number of nitrogens with zero attached hydrogens (tertiary/aromatic N) is 1. The molecule has 0 spiro atoms. The number of methoxy groups -OCH3 is 1. The summed E-state index contributed by atoms with van der Waals surface area (Å²) >= 11 is 18.2. The summed E-state index contributed by atoms with van der Waals surface area (Å²) < 4.78 is 8.50. The van der Waals surface area contributed by atoms with E-state index in [0.29, 0.717) is 5.75 Å². The summed E-state index contributed by atoms with van der Waals surface area (Å²) in [4.78, 5) is 25.6. The molecule has 10 heteroatoms.